The Morgan fingerprint density at radius 2 is 2.12 bits per heavy atom. The van der Waals surface area contributed by atoms with Gasteiger partial charge in [0.2, 0.25) is 0 Å². The number of nitrogens with zero attached hydrogens (tertiary/aromatic N) is 3. The zero-order valence-corrected chi connectivity index (χ0v) is 15.2. The predicted octanol–water partition coefficient (Wildman–Crippen LogP) is 4.45. The number of carbonyl (C=O) groups excluding carboxylic acids is 1. The van der Waals surface area contributed by atoms with Crippen molar-refractivity contribution < 1.29 is 4.79 Å². The molecule has 1 aromatic carbocycles. The molecule has 1 aliphatic carbocycles. The quantitative estimate of drug-likeness (QED) is 0.642. The van der Waals surface area contributed by atoms with E-state index in [1.165, 1.54) is 11.3 Å². The molecule has 0 N–H and O–H groups in total. The maximum absolute atomic E-state index is 12.8. The number of hydrogen-bond acceptors (Lipinski definition) is 3. The normalized spacial score (nSPS) is 13.8. The summed E-state index contributed by atoms with van der Waals surface area (Å²) >= 11 is 7.77. The van der Waals surface area contributed by atoms with E-state index in [2.05, 4.69) is 9.55 Å². The SMILES string of the molecule is O=C(c1cccs1)N(Cc1nccn1Cc1ccccc1Cl)C1CC1. The Hall–Kier alpha value is -2.11. The van der Waals surface area contributed by atoms with Gasteiger partial charge in [0.25, 0.3) is 5.91 Å². The van der Waals surface area contributed by atoms with Gasteiger partial charge in [0, 0.05) is 23.5 Å². The Morgan fingerprint density at radius 1 is 1.28 bits per heavy atom. The molecule has 128 valence electrons. The summed E-state index contributed by atoms with van der Waals surface area (Å²) in [6, 6.07) is 12.0. The third-order valence-electron chi connectivity index (χ3n) is 4.39. The fourth-order valence-corrected chi connectivity index (χ4v) is 3.77. The number of halogens is 1. The largest absolute Gasteiger partial charge is 0.329 e. The van der Waals surface area contributed by atoms with Crippen LogP contribution in [-0.4, -0.2) is 26.4 Å². The van der Waals surface area contributed by atoms with Crippen LogP contribution < -0.4 is 0 Å². The van der Waals surface area contributed by atoms with Gasteiger partial charge < -0.3 is 9.47 Å². The Morgan fingerprint density at radius 3 is 2.84 bits per heavy atom. The van der Waals surface area contributed by atoms with Crippen molar-refractivity contribution >= 4 is 28.8 Å². The summed E-state index contributed by atoms with van der Waals surface area (Å²) in [6.07, 6.45) is 5.87. The predicted molar refractivity (Wildman–Crippen MR) is 100.0 cm³/mol. The van der Waals surface area contributed by atoms with E-state index in [0.29, 0.717) is 19.1 Å². The van der Waals surface area contributed by atoms with Gasteiger partial charge in [-0.2, -0.15) is 0 Å². The van der Waals surface area contributed by atoms with Gasteiger partial charge in [0.05, 0.1) is 18.0 Å². The average Bonchev–Trinajstić information content (AvgIpc) is 3.13. The lowest BCUT2D eigenvalue weighted by atomic mass is 10.2. The molecule has 2 heterocycles. The van der Waals surface area contributed by atoms with Gasteiger partial charge in [-0.1, -0.05) is 35.9 Å². The lowest BCUT2D eigenvalue weighted by molar-refractivity contribution is 0.0728. The smallest absolute Gasteiger partial charge is 0.264 e. The van der Waals surface area contributed by atoms with E-state index in [0.717, 1.165) is 34.1 Å². The first-order valence-corrected chi connectivity index (χ1v) is 9.56. The average molecular weight is 372 g/mol. The van der Waals surface area contributed by atoms with Crippen molar-refractivity contribution in [1.29, 1.82) is 0 Å². The zero-order chi connectivity index (χ0) is 17.2. The number of carbonyl (C=O) groups is 1. The third-order valence-corrected chi connectivity index (χ3v) is 5.62. The second kappa shape index (κ2) is 7.02. The highest BCUT2D eigenvalue weighted by atomic mass is 35.5. The second-order valence-electron chi connectivity index (χ2n) is 6.20. The molecule has 3 aromatic rings. The number of hydrogen-bond donors (Lipinski definition) is 0. The molecule has 0 aliphatic heterocycles. The number of aromatic nitrogens is 2. The van der Waals surface area contributed by atoms with Crippen LogP contribution >= 0.6 is 22.9 Å². The topological polar surface area (TPSA) is 38.1 Å². The van der Waals surface area contributed by atoms with Crippen molar-refractivity contribution in [3.05, 3.63) is 75.5 Å². The Balaban J connectivity index is 1.55. The molecule has 0 unspecified atom stereocenters. The third kappa shape index (κ3) is 3.62. The molecule has 1 amide bonds. The van der Waals surface area contributed by atoms with Crippen LogP contribution in [0, 0.1) is 0 Å². The second-order valence-corrected chi connectivity index (χ2v) is 7.56. The molecule has 0 radical (unpaired) electrons. The standard InChI is InChI=1S/C19H18ClN3OS/c20-16-5-2-1-4-14(16)12-22-10-9-21-18(22)13-23(15-7-8-15)19(24)17-6-3-11-25-17/h1-6,9-11,15H,7-8,12-13H2. The van der Waals surface area contributed by atoms with Crippen molar-refractivity contribution in [3.8, 4) is 0 Å². The molecule has 2 aromatic heterocycles. The molecule has 1 fully saturated rings. The van der Waals surface area contributed by atoms with E-state index < -0.39 is 0 Å². The van der Waals surface area contributed by atoms with Crippen LogP contribution in [0.4, 0.5) is 0 Å². The Bertz CT molecular complexity index is 870. The Labute approximate surface area is 155 Å². The lowest BCUT2D eigenvalue weighted by Crippen LogP contribution is -2.33. The molecule has 25 heavy (non-hydrogen) atoms. The highest BCUT2D eigenvalue weighted by Gasteiger charge is 2.34. The van der Waals surface area contributed by atoms with E-state index >= 15 is 0 Å². The summed E-state index contributed by atoms with van der Waals surface area (Å²) in [6.45, 7) is 1.18. The fraction of sp³-hybridized carbons (Fsp3) is 0.263. The van der Waals surface area contributed by atoms with Crippen LogP contribution in [0.5, 0.6) is 0 Å². The molecule has 1 saturated carbocycles. The van der Waals surface area contributed by atoms with Crippen molar-refractivity contribution in [2.45, 2.75) is 32.0 Å². The van der Waals surface area contributed by atoms with Crippen molar-refractivity contribution in [3.63, 3.8) is 0 Å². The van der Waals surface area contributed by atoms with Gasteiger partial charge in [-0.25, -0.2) is 4.98 Å². The van der Waals surface area contributed by atoms with Crippen molar-refractivity contribution in [2.24, 2.45) is 0 Å². The molecule has 6 heteroatoms. The molecule has 0 bridgehead atoms. The highest BCUT2D eigenvalue weighted by molar-refractivity contribution is 7.12. The van der Waals surface area contributed by atoms with Crippen molar-refractivity contribution in [1.82, 2.24) is 14.5 Å². The number of rotatable bonds is 6. The minimum absolute atomic E-state index is 0.102. The summed E-state index contributed by atoms with van der Waals surface area (Å²) in [7, 11) is 0. The van der Waals surface area contributed by atoms with Gasteiger partial charge >= 0.3 is 0 Å². The molecule has 4 nitrogen and oxygen atoms in total. The van der Waals surface area contributed by atoms with E-state index in [-0.39, 0.29) is 5.91 Å². The first kappa shape index (κ1) is 16.4. The van der Waals surface area contributed by atoms with Crippen LogP contribution in [0.2, 0.25) is 5.02 Å². The zero-order valence-electron chi connectivity index (χ0n) is 13.6. The number of imidazole rings is 1. The van der Waals surface area contributed by atoms with Gasteiger partial charge in [-0.15, -0.1) is 11.3 Å². The van der Waals surface area contributed by atoms with Crippen LogP contribution in [0.3, 0.4) is 0 Å². The molecule has 4 rings (SSSR count). The summed E-state index contributed by atoms with van der Waals surface area (Å²) < 4.78 is 2.07. The molecule has 0 saturated heterocycles. The maximum Gasteiger partial charge on any atom is 0.264 e. The summed E-state index contributed by atoms with van der Waals surface area (Å²) in [4.78, 5) is 20.0. The molecule has 0 atom stereocenters. The van der Waals surface area contributed by atoms with Gasteiger partial charge in [0.1, 0.15) is 5.82 Å². The summed E-state index contributed by atoms with van der Waals surface area (Å²) in [5.41, 5.74) is 1.05. The van der Waals surface area contributed by atoms with E-state index in [1.807, 2.05) is 52.9 Å². The minimum Gasteiger partial charge on any atom is -0.329 e. The number of amides is 1. The highest BCUT2D eigenvalue weighted by Crippen LogP contribution is 2.30. The number of thiophene rings is 1. The Kier molecular flexibility index (Phi) is 4.59. The minimum atomic E-state index is 0.102. The first-order chi connectivity index (χ1) is 12.2. The molecule has 0 spiro atoms. The van der Waals surface area contributed by atoms with Gasteiger partial charge in [-0.05, 0) is 35.9 Å². The summed E-state index contributed by atoms with van der Waals surface area (Å²) in [5, 5.41) is 2.69. The van der Waals surface area contributed by atoms with Crippen LogP contribution in [-0.2, 0) is 13.1 Å². The number of benzene rings is 1. The monoisotopic (exact) mass is 371 g/mol. The van der Waals surface area contributed by atoms with E-state index in [4.69, 9.17) is 11.6 Å². The molecular formula is C19H18ClN3OS. The maximum atomic E-state index is 12.8. The van der Waals surface area contributed by atoms with Crippen LogP contribution in [0.15, 0.2) is 54.2 Å². The van der Waals surface area contributed by atoms with E-state index in [1.54, 1.807) is 6.20 Å². The molecular weight excluding hydrogens is 354 g/mol. The lowest BCUT2D eigenvalue weighted by Gasteiger charge is -2.22. The van der Waals surface area contributed by atoms with Crippen molar-refractivity contribution in [2.75, 3.05) is 0 Å². The van der Waals surface area contributed by atoms with E-state index in [9.17, 15) is 4.79 Å². The van der Waals surface area contributed by atoms with Gasteiger partial charge in [-0.3, -0.25) is 4.79 Å². The van der Waals surface area contributed by atoms with Gasteiger partial charge in [0.15, 0.2) is 0 Å². The van der Waals surface area contributed by atoms with Crippen LogP contribution in [0.25, 0.3) is 0 Å². The fourth-order valence-electron chi connectivity index (χ4n) is 2.89. The van der Waals surface area contributed by atoms with Crippen LogP contribution in [0.1, 0.15) is 33.9 Å². The molecule has 1 aliphatic rings. The summed E-state index contributed by atoms with van der Waals surface area (Å²) in [5.74, 6) is 0.988. The first-order valence-electron chi connectivity index (χ1n) is 8.30.